The van der Waals surface area contributed by atoms with E-state index in [9.17, 15) is 4.79 Å². The molecule has 82 valence electrons. The predicted octanol–water partition coefficient (Wildman–Crippen LogP) is 2.50. The number of rotatable bonds is 4. The molecule has 0 saturated carbocycles. The number of nitrogens with zero attached hydrogens (tertiary/aromatic N) is 2. The number of hydrogen-bond acceptors (Lipinski definition) is 3. The molecule has 0 aromatic carbocycles. The Labute approximate surface area is 94.1 Å². The third kappa shape index (κ3) is 3.83. The summed E-state index contributed by atoms with van der Waals surface area (Å²) in [5.74, 6) is 0.159. The molecule has 0 saturated heterocycles. The summed E-state index contributed by atoms with van der Waals surface area (Å²) in [7, 11) is 0. The molecule has 1 aromatic heterocycles. The Kier molecular flexibility index (Phi) is 4.49. The van der Waals surface area contributed by atoms with Crippen LogP contribution in [-0.4, -0.2) is 15.9 Å². The van der Waals surface area contributed by atoms with Crippen molar-refractivity contribution in [2.75, 3.05) is 5.32 Å². The van der Waals surface area contributed by atoms with Crippen molar-refractivity contribution in [1.29, 1.82) is 0 Å². The Bertz CT molecular complexity index is 343. The van der Waals surface area contributed by atoms with Crippen molar-refractivity contribution in [1.82, 2.24) is 9.97 Å². The number of halogens is 1. The second kappa shape index (κ2) is 5.66. The lowest BCUT2D eigenvalue weighted by Crippen LogP contribution is -2.21. The Morgan fingerprint density at radius 1 is 1.67 bits per heavy atom. The average molecular weight is 228 g/mol. The SMILES string of the molecule is CCCC(C)C(=O)Nc1nccc(Cl)n1. The smallest absolute Gasteiger partial charge is 0.230 e. The standard InChI is InChI=1S/C10H14ClN3O/c1-3-4-7(2)9(15)14-10-12-6-5-8(11)13-10/h5-7H,3-4H2,1-2H3,(H,12,13,14,15). The highest BCUT2D eigenvalue weighted by Crippen LogP contribution is 2.10. The van der Waals surface area contributed by atoms with Crippen molar-refractivity contribution in [3.05, 3.63) is 17.4 Å². The summed E-state index contributed by atoms with van der Waals surface area (Å²) < 4.78 is 0. The highest BCUT2D eigenvalue weighted by Gasteiger charge is 2.12. The average Bonchev–Trinajstić information content (AvgIpc) is 2.18. The van der Waals surface area contributed by atoms with Gasteiger partial charge >= 0.3 is 0 Å². The molecule has 15 heavy (non-hydrogen) atoms. The van der Waals surface area contributed by atoms with Gasteiger partial charge in [0.2, 0.25) is 11.9 Å². The fraction of sp³-hybridized carbons (Fsp3) is 0.500. The van der Waals surface area contributed by atoms with Gasteiger partial charge in [-0.25, -0.2) is 9.97 Å². The first-order valence-electron chi connectivity index (χ1n) is 4.93. The molecule has 4 nitrogen and oxygen atoms in total. The molecule has 1 unspecified atom stereocenters. The molecule has 0 aliphatic heterocycles. The van der Waals surface area contributed by atoms with E-state index in [0.717, 1.165) is 12.8 Å². The van der Waals surface area contributed by atoms with Crippen LogP contribution in [0.25, 0.3) is 0 Å². The quantitative estimate of drug-likeness (QED) is 0.805. The van der Waals surface area contributed by atoms with Crippen molar-refractivity contribution in [3.8, 4) is 0 Å². The summed E-state index contributed by atoms with van der Waals surface area (Å²) in [4.78, 5) is 19.4. The summed E-state index contributed by atoms with van der Waals surface area (Å²) in [5, 5.41) is 2.94. The van der Waals surface area contributed by atoms with E-state index in [-0.39, 0.29) is 17.8 Å². The minimum Gasteiger partial charge on any atom is -0.294 e. The minimum absolute atomic E-state index is 0.0300. The van der Waals surface area contributed by atoms with E-state index in [2.05, 4.69) is 15.3 Å². The van der Waals surface area contributed by atoms with Crippen LogP contribution in [0.15, 0.2) is 12.3 Å². The number of carbonyl (C=O) groups excluding carboxylic acids is 1. The third-order valence-electron chi connectivity index (χ3n) is 2.03. The summed E-state index contributed by atoms with van der Waals surface area (Å²) in [5.41, 5.74) is 0. The molecule has 1 atom stereocenters. The van der Waals surface area contributed by atoms with Crippen LogP contribution in [-0.2, 0) is 4.79 Å². The largest absolute Gasteiger partial charge is 0.294 e. The molecule has 1 amide bonds. The molecule has 0 spiro atoms. The van der Waals surface area contributed by atoms with Gasteiger partial charge in [-0.15, -0.1) is 0 Å². The van der Waals surface area contributed by atoms with Crippen LogP contribution in [0.3, 0.4) is 0 Å². The number of hydrogen-bond donors (Lipinski definition) is 1. The zero-order chi connectivity index (χ0) is 11.3. The number of carbonyl (C=O) groups is 1. The Morgan fingerprint density at radius 3 is 3.00 bits per heavy atom. The van der Waals surface area contributed by atoms with Crippen molar-refractivity contribution >= 4 is 23.5 Å². The van der Waals surface area contributed by atoms with Crippen LogP contribution in [0.2, 0.25) is 5.15 Å². The Hall–Kier alpha value is -1.16. The van der Waals surface area contributed by atoms with Crippen LogP contribution in [0.4, 0.5) is 5.95 Å². The highest BCUT2D eigenvalue weighted by atomic mass is 35.5. The van der Waals surface area contributed by atoms with Crippen LogP contribution >= 0.6 is 11.6 Å². The third-order valence-corrected chi connectivity index (χ3v) is 2.24. The topological polar surface area (TPSA) is 54.9 Å². The second-order valence-corrected chi connectivity index (χ2v) is 3.77. The summed E-state index contributed by atoms with van der Waals surface area (Å²) in [6, 6.07) is 1.56. The molecule has 1 rings (SSSR count). The maximum Gasteiger partial charge on any atom is 0.230 e. The van der Waals surface area contributed by atoms with Crippen molar-refractivity contribution in [2.45, 2.75) is 26.7 Å². The van der Waals surface area contributed by atoms with E-state index in [4.69, 9.17) is 11.6 Å². The van der Waals surface area contributed by atoms with Gasteiger partial charge in [-0.1, -0.05) is 31.9 Å². The van der Waals surface area contributed by atoms with Gasteiger partial charge in [0.05, 0.1) is 0 Å². The van der Waals surface area contributed by atoms with Gasteiger partial charge in [0.15, 0.2) is 0 Å². The van der Waals surface area contributed by atoms with E-state index >= 15 is 0 Å². The van der Waals surface area contributed by atoms with Gasteiger partial charge in [0, 0.05) is 12.1 Å². The zero-order valence-corrected chi connectivity index (χ0v) is 9.58. The molecule has 1 aromatic rings. The summed E-state index contributed by atoms with van der Waals surface area (Å²) in [6.07, 6.45) is 3.34. The monoisotopic (exact) mass is 227 g/mol. The van der Waals surface area contributed by atoms with E-state index < -0.39 is 0 Å². The molecular weight excluding hydrogens is 214 g/mol. The van der Waals surface area contributed by atoms with Gasteiger partial charge < -0.3 is 0 Å². The molecule has 0 aliphatic rings. The first kappa shape index (κ1) is 11.9. The van der Waals surface area contributed by atoms with E-state index in [1.807, 2.05) is 13.8 Å². The lowest BCUT2D eigenvalue weighted by molar-refractivity contribution is -0.119. The molecule has 0 bridgehead atoms. The van der Waals surface area contributed by atoms with Gasteiger partial charge in [0.1, 0.15) is 5.15 Å². The molecule has 5 heteroatoms. The first-order valence-corrected chi connectivity index (χ1v) is 5.30. The van der Waals surface area contributed by atoms with E-state index in [0.29, 0.717) is 5.15 Å². The maximum absolute atomic E-state index is 11.6. The zero-order valence-electron chi connectivity index (χ0n) is 8.83. The highest BCUT2D eigenvalue weighted by molar-refractivity contribution is 6.29. The van der Waals surface area contributed by atoms with Gasteiger partial charge in [0.25, 0.3) is 0 Å². The van der Waals surface area contributed by atoms with E-state index in [1.165, 1.54) is 6.20 Å². The first-order chi connectivity index (χ1) is 7.13. The van der Waals surface area contributed by atoms with Crippen LogP contribution in [0.1, 0.15) is 26.7 Å². The predicted molar refractivity (Wildman–Crippen MR) is 59.7 cm³/mol. The molecule has 0 radical (unpaired) electrons. The maximum atomic E-state index is 11.6. The summed E-state index contributed by atoms with van der Waals surface area (Å²) >= 11 is 5.67. The second-order valence-electron chi connectivity index (χ2n) is 3.38. The molecule has 0 fully saturated rings. The molecular formula is C10H14ClN3O. The van der Waals surface area contributed by atoms with E-state index in [1.54, 1.807) is 6.07 Å². The Morgan fingerprint density at radius 2 is 2.40 bits per heavy atom. The Balaban J connectivity index is 2.58. The normalized spacial score (nSPS) is 12.2. The molecule has 0 aliphatic carbocycles. The number of nitrogens with one attached hydrogen (secondary N) is 1. The van der Waals surface area contributed by atoms with Crippen LogP contribution in [0, 0.1) is 5.92 Å². The number of amides is 1. The summed E-state index contributed by atoms with van der Waals surface area (Å²) in [6.45, 7) is 3.92. The fourth-order valence-electron chi connectivity index (χ4n) is 1.19. The minimum atomic E-state index is -0.0703. The number of aromatic nitrogens is 2. The van der Waals surface area contributed by atoms with Crippen molar-refractivity contribution in [2.24, 2.45) is 5.92 Å². The molecule has 1 heterocycles. The lowest BCUT2D eigenvalue weighted by atomic mass is 10.1. The van der Waals surface area contributed by atoms with Gasteiger partial charge in [-0.2, -0.15) is 0 Å². The lowest BCUT2D eigenvalue weighted by Gasteiger charge is -2.09. The molecule has 1 N–H and O–H groups in total. The van der Waals surface area contributed by atoms with Crippen molar-refractivity contribution in [3.63, 3.8) is 0 Å². The van der Waals surface area contributed by atoms with Crippen LogP contribution in [0.5, 0.6) is 0 Å². The van der Waals surface area contributed by atoms with Gasteiger partial charge in [-0.3, -0.25) is 10.1 Å². The van der Waals surface area contributed by atoms with Gasteiger partial charge in [-0.05, 0) is 12.5 Å². The van der Waals surface area contributed by atoms with Crippen molar-refractivity contribution < 1.29 is 4.79 Å². The van der Waals surface area contributed by atoms with Crippen LogP contribution < -0.4 is 5.32 Å². The number of anilines is 1. The fourth-order valence-corrected chi connectivity index (χ4v) is 1.33.